The highest BCUT2D eigenvalue weighted by Gasteiger charge is 2.44. The molecule has 9 heteroatoms. The van der Waals surface area contributed by atoms with Crippen molar-refractivity contribution in [2.24, 2.45) is 5.92 Å². The maximum Gasteiger partial charge on any atom is 0.393 e. The molecule has 1 aliphatic heterocycles. The second-order valence-electron chi connectivity index (χ2n) is 7.62. The van der Waals surface area contributed by atoms with Gasteiger partial charge in [0, 0.05) is 25.2 Å². The van der Waals surface area contributed by atoms with E-state index >= 15 is 0 Å². The van der Waals surface area contributed by atoms with E-state index in [-0.39, 0.29) is 37.6 Å². The Bertz CT molecular complexity index is 748. The molecule has 0 radical (unpaired) electrons. The Morgan fingerprint density at radius 1 is 1.19 bits per heavy atom. The van der Waals surface area contributed by atoms with Gasteiger partial charge in [-0.3, -0.25) is 0 Å². The Morgan fingerprint density at radius 3 is 2.30 bits per heavy atom. The van der Waals surface area contributed by atoms with Gasteiger partial charge in [0.2, 0.25) is 0 Å². The minimum absolute atomic E-state index is 0.0959. The summed E-state index contributed by atoms with van der Waals surface area (Å²) < 4.78 is 82.9. The minimum Gasteiger partial charge on any atom is -0.496 e. The van der Waals surface area contributed by atoms with Crippen molar-refractivity contribution in [3.05, 3.63) is 29.6 Å². The lowest BCUT2D eigenvalue weighted by molar-refractivity contribution is -0.184. The van der Waals surface area contributed by atoms with Crippen molar-refractivity contribution in [2.45, 2.75) is 31.9 Å². The van der Waals surface area contributed by atoms with E-state index in [0.29, 0.717) is 11.3 Å². The Labute approximate surface area is 157 Å². The van der Waals surface area contributed by atoms with E-state index in [9.17, 15) is 26.0 Å². The lowest BCUT2D eigenvalue weighted by Gasteiger charge is -2.36. The smallest absolute Gasteiger partial charge is 0.393 e. The highest BCUT2D eigenvalue weighted by Crippen LogP contribution is 2.41. The SMILES string of the molecule is COc1ccc(F)cc1C(C)(C)CC(CN1CCS(=O)(=O)CC1)C(F)(F)F. The molecule has 1 fully saturated rings. The fourth-order valence-electron chi connectivity index (χ4n) is 3.46. The van der Waals surface area contributed by atoms with Crippen molar-refractivity contribution >= 4 is 9.84 Å². The Kier molecular flexibility index (Phi) is 6.46. The van der Waals surface area contributed by atoms with Crippen molar-refractivity contribution in [1.82, 2.24) is 4.90 Å². The summed E-state index contributed by atoms with van der Waals surface area (Å²) in [5, 5.41) is 0. The molecular formula is C18H25F4NO3S. The summed E-state index contributed by atoms with van der Waals surface area (Å²) in [6, 6.07) is 3.82. The van der Waals surface area contributed by atoms with Gasteiger partial charge in [0.25, 0.3) is 0 Å². The first-order chi connectivity index (χ1) is 12.3. The fraction of sp³-hybridized carbons (Fsp3) is 0.667. The monoisotopic (exact) mass is 411 g/mol. The minimum atomic E-state index is -4.45. The molecule has 1 unspecified atom stereocenters. The zero-order chi connectivity index (χ0) is 20.5. The number of methoxy groups -OCH3 is 1. The average Bonchev–Trinajstić information content (AvgIpc) is 2.55. The third-order valence-corrected chi connectivity index (χ3v) is 6.64. The lowest BCUT2D eigenvalue weighted by atomic mass is 9.76. The van der Waals surface area contributed by atoms with Crippen LogP contribution in [0.15, 0.2) is 18.2 Å². The van der Waals surface area contributed by atoms with E-state index in [1.807, 2.05) is 0 Å². The quantitative estimate of drug-likeness (QED) is 0.673. The number of rotatable bonds is 6. The summed E-state index contributed by atoms with van der Waals surface area (Å²) in [5.74, 6) is -2.12. The van der Waals surface area contributed by atoms with E-state index in [4.69, 9.17) is 4.74 Å². The maximum absolute atomic E-state index is 13.7. The second-order valence-corrected chi connectivity index (χ2v) is 9.93. The van der Waals surface area contributed by atoms with Gasteiger partial charge in [-0.2, -0.15) is 13.2 Å². The molecule has 0 aliphatic carbocycles. The number of hydrogen-bond donors (Lipinski definition) is 0. The largest absolute Gasteiger partial charge is 0.496 e. The standard InChI is InChI=1S/C18H25F4NO3S/c1-17(2,15-10-14(19)4-5-16(15)26-3)11-13(18(20,21)22)12-23-6-8-27(24,25)9-7-23/h4-5,10,13H,6-9,11-12H2,1-3H3. The highest BCUT2D eigenvalue weighted by molar-refractivity contribution is 7.91. The number of sulfone groups is 1. The van der Waals surface area contributed by atoms with Crippen molar-refractivity contribution < 1.29 is 30.7 Å². The zero-order valence-corrected chi connectivity index (χ0v) is 16.5. The zero-order valence-electron chi connectivity index (χ0n) is 15.6. The van der Waals surface area contributed by atoms with Crippen LogP contribution < -0.4 is 4.74 Å². The topological polar surface area (TPSA) is 46.6 Å². The van der Waals surface area contributed by atoms with E-state index < -0.39 is 33.2 Å². The molecule has 1 atom stereocenters. The van der Waals surface area contributed by atoms with E-state index in [1.54, 1.807) is 13.8 Å². The second kappa shape index (κ2) is 7.95. The van der Waals surface area contributed by atoms with Crippen LogP contribution >= 0.6 is 0 Å². The lowest BCUT2D eigenvalue weighted by Crippen LogP contribution is -2.46. The molecule has 1 saturated heterocycles. The number of ether oxygens (including phenoxy) is 1. The summed E-state index contributed by atoms with van der Waals surface area (Å²) in [7, 11) is -1.77. The van der Waals surface area contributed by atoms with Gasteiger partial charge in [-0.05, 0) is 30.0 Å². The summed E-state index contributed by atoms with van der Waals surface area (Å²) in [6.07, 6.45) is -4.71. The van der Waals surface area contributed by atoms with E-state index in [1.165, 1.54) is 30.2 Å². The molecule has 0 bridgehead atoms. The first-order valence-electron chi connectivity index (χ1n) is 8.67. The van der Waals surface area contributed by atoms with Gasteiger partial charge in [-0.15, -0.1) is 0 Å². The van der Waals surface area contributed by atoms with Crippen LogP contribution in [-0.4, -0.2) is 57.7 Å². The Balaban J connectivity index is 2.21. The average molecular weight is 411 g/mol. The van der Waals surface area contributed by atoms with Gasteiger partial charge in [0.05, 0.1) is 24.5 Å². The molecule has 0 aromatic heterocycles. The molecule has 2 rings (SSSR count). The van der Waals surface area contributed by atoms with Crippen LogP contribution in [0.1, 0.15) is 25.8 Å². The predicted octanol–water partition coefficient (Wildman–Crippen LogP) is 3.41. The number of nitrogens with zero attached hydrogens (tertiary/aromatic N) is 1. The molecule has 4 nitrogen and oxygen atoms in total. The molecule has 0 N–H and O–H groups in total. The molecule has 1 heterocycles. The third kappa shape index (κ3) is 5.81. The molecule has 0 saturated carbocycles. The van der Waals surface area contributed by atoms with Crippen LogP contribution in [0.4, 0.5) is 17.6 Å². The van der Waals surface area contributed by atoms with E-state index in [2.05, 4.69) is 0 Å². The molecule has 1 aliphatic rings. The van der Waals surface area contributed by atoms with Crippen LogP contribution in [0, 0.1) is 11.7 Å². The molecule has 27 heavy (non-hydrogen) atoms. The summed E-state index contributed by atoms with van der Waals surface area (Å²) in [5.41, 5.74) is -0.615. The van der Waals surface area contributed by atoms with Gasteiger partial charge in [0.1, 0.15) is 11.6 Å². The third-order valence-electron chi connectivity index (χ3n) is 5.03. The van der Waals surface area contributed by atoms with Crippen LogP contribution in [0.3, 0.4) is 0 Å². The van der Waals surface area contributed by atoms with Gasteiger partial charge >= 0.3 is 6.18 Å². The van der Waals surface area contributed by atoms with Gasteiger partial charge < -0.3 is 9.64 Å². The van der Waals surface area contributed by atoms with Crippen LogP contribution in [0.25, 0.3) is 0 Å². The van der Waals surface area contributed by atoms with Crippen molar-refractivity contribution in [3.63, 3.8) is 0 Å². The summed E-state index contributed by atoms with van der Waals surface area (Å²) >= 11 is 0. The molecule has 1 aromatic carbocycles. The van der Waals surface area contributed by atoms with Crippen LogP contribution in [0.5, 0.6) is 5.75 Å². The van der Waals surface area contributed by atoms with Gasteiger partial charge in [-0.25, -0.2) is 12.8 Å². The van der Waals surface area contributed by atoms with Crippen molar-refractivity contribution in [1.29, 1.82) is 0 Å². The fourth-order valence-corrected chi connectivity index (χ4v) is 4.74. The number of alkyl halides is 3. The molecule has 0 spiro atoms. The van der Waals surface area contributed by atoms with Crippen molar-refractivity contribution in [2.75, 3.05) is 38.2 Å². The first kappa shape index (κ1) is 21.9. The molecule has 0 amide bonds. The number of benzene rings is 1. The number of halogens is 4. The predicted molar refractivity (Wildman–Crippen MR) is 95.2 cm³/mol. The molecule has 154 valence electrons. The first-order valence-corrected chi connectivity index (χ1v) is 10.5. The molecular weight excluding hydrogens is 386 g/mol. The van der Waals surface area contributed by atoms with Crippen molar-refractivity contribution in [3.8, 4) is 5.75 Å². The Hall–Kier alpha value is -1.35. The normalized spacial score (nSPS) is 19.7. The summed E-state index contributed by atoms with van der Waals surface area (Å²) in [6.45, 7) is 3.17. The van der Waals surface area contributed by atoms with E-state index in [0.717, 1.165) is 0 Å². The van der Waals surface area contributed by atoms with Crippen LogP contribution in [0.2, 0.25) is 0 Å². The Morgan fingerprint density at radius 2 is 1.78 bits per heavy atom. The van der Waals surface area contributed by atoms with Gasteiger partial charge in [0.15, 0.2) is 9.84 Å². The maximum atomic E-state index is 13.7. The van der Waals surface area contributed by atoms with Crippen LogP contribution in [-0.2, 0) is 15.3 Å². The molecule has 1 aromatic rings. The van der Waals surface area contributed by atoms with Gasteiger partial charge in [-0.1, -0.05) is 13.8 Å². The summed E-state index contributed by atoms with van der Waals surface area (Å²) in [4.78, 5) is 1.54. The number of hydrogen-bond acceptors (Lipinski definition) is 4. The highest BCUT2D eigenvalue weighted by atomic mass is 32.2.